The van der Waals surface area contributed by atoms with Crippen molar-refractivity contribution in [3.63, 3.8) is 0 Å². The summed E-state index contributed by atoms with van der Waals surface area (Å²) in [7, 11) is 1.47. The van der Waals surface area contributed by atoms with Gasteiger partial charge in [0.15, 0.2) is 0 Å². The Bertz CT molecular complexity index is 679. The van der Waals surface area contributed by atoms with Crippen molar-refractivity contribution in [3.8, 4) is 5.75 Å². The van der Waals surface area contributed by atoms with Crippen LogP contribution < -0.4 is 4.74 Å². The summed E-state index contributed by atoms with van der Waals surface area (Å²) < 4.78 is 43.5. The van der Waals surface area contributed by atoms with E-state index in [9.17, 15) is 13.2 Å². The highest BCUT2D eigenvalue weighted by Gasteiger charge is 2.30. The minimum Gasteiger partial charge on any atom is -0.489 e. The molecule has 6 heteroatoms. The van der Waals surface area contributed by atoms with Gasteiger partial charge in [-0.05, 0) is 54.4 Å². The van der Waals surface area contributed by atoms with E-state index in [1.807, 2.05) is 6.92 Å². The van der Waals surface area contributed by atoms with Gasteiger partial charge in [-0.25, -0.2) is 0 Å². The van der Waals surface area contributed by atoms with Gasteiger partial charge < -0.3 is 9.57 Å². The molecule has 0 saturated carbocycles. The number of oxime groups is 1. The number of alkyl halides is 3. The van der Waals surface area contributed by atoms with Crippen molar-refractivity contribution in [3.05, 3.63) is 65.2 Å². The Morgan fingerprint density at radius 1 is 1.09 bits per heavy atom. The molecule has 0 heterocycles. The summed E-state index contributed by atoms with van der Waals surface area (Å²) in [6, 6.07) is 12.2. The van der Waals surface area contributed by atoms with Crippen LogP contribution in [0.2, 0.25) is 0 Å². The van der Waals surface area contributed by atoms with Crippen LogP contribution in [0.15, 0.2) is 53.7 Å². The zero-order valence-corrected chi connectivity index (χ0v) is 12.7. The normalized spacial score (nSPS) is 12.1. The molecule has 0 aliphatic rings. The molecule has 0 unspecified atom stereocenters. The Morgan fingerprint density at radius 3 is 2.39 bits per heavy atom. The molecule has 0 atom stereocenters. The molecule has 3 nitrogen and oxygen atoms in total. The first-order chi connectivity index (χ1) is 10.9. The van der Waals surface area contributed by atoms with Gasteiger partial charge >= 0.3 is 6.18 Å². The van der Waals surface area contributed by atoms with E-state index in [1.54, 1.807) is 30.3 Å². The Hall–Kier alpha value is -2.50. The standard InChI is InChI=1S/C17H16F3NO2/c1-12(21-22-2)14-6-8-16(9-7-14)23-11-13-4-3-5-15(10-13)17(18,19)20/h3-10H,11H2,1-2H3/b21-12-. The average molecular weight is 323 g/mol. The van der Waals surface area contributed by atoms with Gasteiger partial charge in [0.2, 0.25) is 0 Å². The summed E-state index contributed by atoms with van der Waals surface area (Å²) in [6.45, 7) is 1.87. The molecule has 2 rings (SSSR count). The molecule has 0 aromatic heterocycles. The topological polar surface area (TPSA) is 30.8 Å². The van der Waals surface area contributed by atoms with Crippen LogP contribution in [-0.4, -0.2) is 12.8 Å². The van der Waals surface area contributed by atoms with Crippen LogP contribution in [0.4, 0.5) is 13.2 Å². The number of nitrogens with zero attached hydrogens (tertiary/aromatic N) is 1. The first-order valence-corrected chi connectivity index (χ1v) is 6.87. The van der Waals surface area contributed by atoms with Gasteiger partial charge in [-0.3, -0.25) is 0 Å². The van der Waals surface area contributed by atoms with Gasteiger partial charge in [0.1, 0.15) is 19.5 Å². The summed E-state index contributed by atoms with van der Waals surface area (Å²) in [5, 5.41) is 3.82. The fraction of sp³-hybridized carbons (Fsp3) is 0.235. The average Bonchev–Trinajstić information content (AvgIpc) is 2.53. The second kappa shape index (κ2) is 7.17. The monoisotopic (exact) mass is 323 g/mol. The zero-order chi connectivity index (χ0) is 16.9. The van der Waals surface area contributed by atoms with Gasteiger partial charge in [-0.2, -0.15) is 13.2 Å². The second-order valence-electron chi connectivity index (χ2n) is 4.87. The first-order valence-electron chi connectivity index (χ1n) is 6.87. The lowest BCUT2D eigenvalue weighted by Gasteiger charge is -2.10. The van der Waals surface area contributed by atoms with Crippen molar-refractivity contribution in [2.45, 2.75) is 19.7 Å². The number of hydrogen-bond acceptors (Lipinski definition) is 3. The maximum absolute atomic E-state index is 12.7. The number of hydrogen-bond donors (Lipinski definition) is 0. The summed E-state index contributed by atoms with van der Waals surface area (Å²) in [5.41, 5.74) is 1.37. The molecule has 122 valence electrons. The Labute approximate surface area is 132 Å². The van der Waals surface area contributed by atoms with E-state index in [4.69, 9.17) is 9.57 Å². The lowest BCUT2D eigenvalue weighted by molar-refractivity contribution is -0.137. The van der Waals surface area contributed by atoms with Crippen molar-refractivity contribution in [2.75, 3.05) is 7.11 Å². The van der Waals surface area contributed by atoms with E-state index in [2.05, 4.69) is 5.16 Å². The van der Waals surface area contributed by atoms with E-state index in [0.717, 1.165) is 23.4 Å². The molecule has 2 aromatic rings. The van der Waals surface area contributed by atoms with Gasteiger partial charge in [-0.15, -0.1) is 0 Å². The first kappa shape index (κ1) is 16.9. The van der Waals surface area contributed by atoms with Crippen molar-refractivity contribution in [1.29, 1.82) is 0 Å². The smallest absolute Gasteiger partial charge is 0.416 e. The van der Waals surface area contributed by atoms with Gasteiger partial charge in [0.25, 0.3) is 0 Å². The number of rotatable bonds is 5. The molecule has 0 saturated heterocycles. The van der Waals surface area contributed by atoms with Gasteiger partial charge in [0, 0.05) is 0 Å². The van der Waals surface area contributed by atoms with Crippen LogP contribution in [-0.2, 0) is 17.6 Å². The van der Waals surface area contributed by atoms with Crippen LogP contribution in [0.25, 0.3) is 0 Å². The van der Waals surface area contributed by atoms with Crippen LogP contribution >= 0.6 is 0 Å². The highest BCUT2D eigenvalue weighted by Crippen LogP contribution is 2.29. The fourth-order valence-corrected chi connectivity index (χ4v) is 1.99. The highest BCUT2D eigenvalue weighted by molar-refractivity contribution is 5.98. The quantitative estimate of drug-likeness (QED) is 0.592. The Balaban J connectivity index is 2.03. The van der Waals surface area contributed by atoms with Crippen molar-refractivity contribution < 1.29 is 22.7 Å². The van der Waals surface area contributed by atoms with E-state index < -0.39 is 11.7 Å². The third-order valence-electron chi connectivity index (χ3n) is 3.16. The largest absolute Gasteiger partial charge is 0.489 e. The SMILES string of the molecule is CO/N=C(/C)c1ccc(OCc2cccc(C(F)(F)F)c2)cc1. The number of halogens is 3. The zero-order valence-electron chi connectivity index (χ0n) is 12.7. The molecule has 23 heavy (non-hydrogen) atoms. The van der Waals surface area contributed by atoms with Crippen molar-refractivity contribution in [1.82, 2.24) is 0 Å². The highest BCUT2D eigenvalue weighted by atomic mass is 19.4. The molecule has 0 N–H and O–H groups in total. The summed E-state index contributed by atoms with van der Waals surface area (Å²) in [5.74, 6) is 0.566. The van der Waals surface area contributed by atoms with Gasteiger partial charge in [0.05, 0.1) is 11.3 Å². The molecule has 0 fully saturated rings. The third-order valence-corrected chi connectivity index (χ3v) is 3.16. The molecular formula is C17H16F3NO2. The lowest BCUT2D eigenvalue weighted by atomic mass is 10.1. The van der Waals surface area contributed by atoms with Crippen LogP contribution in [0.5, 0.6) is 5.75 Å². The minimum absolute atomic E-state index is 0.0639. The predicted molar refractivity (Wildman–Crippen MR) is 81.4 cm³/mol. The Kier molecular flexibility index (Phi) is 5.26. The van der Waals surface area contributed by atoms with E-state index >= 15 is 0 Å². The number of benzene rings is 2. The molecule has 0 bridgehead atoms. The molecular weight excluding hydrogens is 307 g/mol. The summed E-state index contributed by atoms with van der Waals surface area (Å²) in [6.07, 6.45) is -4.35. The van der Waals surface area contributed by atoms with E-state index in [-0.39, 0.29) is 6.61 Å². The van der Waals surface area contributed by atoms with Crippen molar-refractivity contribution in [2.24, 2.45) is 5.16 Å². The Morgan fingerprint density at radius 2 is 1.78 bits per heavy atom. The van der Waals surface area contributed by atoms with Crippen LogP contribution in [0.3, 0.4) is 0 Å². The summed E-state index contributed by atoms with van der Waals surface area (Å²) in [4.78, 5) is 4.70. The van der Waals surface area contributed by atoms with Crippen LogP contribution in [0.1, 0.15) is 23.6 Å². The van der Waals surface area contributed by atoms with Crippen LogP contribution in [0, 0.1) is 0 Å². The summed E-state index contributed by atoms with van der Waals surface area (Å²) >= 11 is 0. The lowest BCUT2D eigenvalue weighted by Crippen LogP contribution is -2.06. The molecule has 0 aliphatic carbocycles. The van der Waals surface area contributed by atoms with Gasteiger partial charge in [-0.1, -0.05) is 17.3 Å². The predicted octanol–water partition coefficient (Wildman–Crippen LogP) is 4.65. The number of ether oxygens (including phenoxy) is 1. The molecule has 2 aromatic carbocycles. The van der Waals surface area contributed by atoms with Crippen molar-refractivity contribution >= 4 is 5.71 Å². The molecule has 0 spiro atoms. The molecule has 0 aliphatic heterocycles. The third kappa shape index (κ3) is 4.74. The second-order valence-corrected chi connectivity index (χ2v) is 4.87. The van der Waals surface area contributed by atoms with E-state index in [1.165, 1.54) is 13.2 Å². The maximum atomic E-state index is 12.7. The maximum Gasteiger partial charge on any atom is 0.416 e. The van der Waals surface area contributed by atoms with E-state index in [0.29, 0.717) is 11.3 Å². The molecule has 0 radical (unpaired) electrons. The molecule has 0 amide bonds. The minimum atomic E-state index is -4.35. The fourth-order valence-electron chi connectivity index (χ4n) is 1.99.